The van der Waals surface area contributed by atoms with E-state index in [0.717, 1.165) is 70.1 Å². The Kier molecular flexibility index (Phi) is 7.12. The van der Waals surface area contributed by atoms with Crippen molar-refractivity contribution in [3.63, 3.8) is 0 Å². The maximum absolute atomic E-state index is 7.17. The quantitative estimate of drug-likeness (QED) is 0.205. The van der Waals surface area contributed by atoms with E-state index in [1.54, 1.807) is 0 Å². The number of rotatable bonds is 3. The van der Waals surface area contributed by atoms with Crippen molar-refractivity contribution in [2.45, 2.75) is 24.9 Å². The van der Waals surface area contributed by atoms with Crippen LogP contribution in [0.15, 0.2) is 158 Å². The molecule has 246 valence electrons. The van der Waals surface area contributed by atoms with Crippen molar-refractivity contribution in [3.8, 4) is 45.2 Å². The molecule has 2 aliphatic carbocycles. The van der Waals surface area contributed by atoms with Crippen LogP contribution in [0.3, 0.4) is 0 Å². The highest BCUT2D eigenvalue weighted by molar-refractivity contribution is 6.05. The topological polar surface area (TPSA) is 35.4 Å². The van der Waals surface area contributed by atoms with E-state index in [2.05, 4.69) is 174 Å². The van der Waals surface area contributed by atoms with E-state index in [1.807, 2.05) is 0 Å². The molecule has 0 saturated carbocycles. The Balaban J connectivity index is 1.26. The van der Waals surface area contributed by atoms with Gasteiger partial charge in [-0.25, -0.2) is 0 Å². The van der Waals surface area contributed by atoms with Gasteiger partial charge < -0.3 is 19.4 Å². The maximum Gasteiger partial charge on any atom is 0.136 e. The molecule has 2 unspecified atom stereocenters. The number of ether oxygens (including phenoxy) is 2. The molecule has 0 saturated heterocycles. The lowest BCUT2D eigenvalue weighted by Gasteiger charge is -2.30. The van der Waals surface area contributed by atoms with Gasteiger partial charge in [0.05, 0.1) is 5.52 Å². The number of aryl methyl sites for hydroxylation is 1. The minimum absolute atomic E-state index is 0.00605. The van der Waals surface area contributed by atoms with Crippen LogP contribution in [0, 0.1) is 0 Å². The van der Waals surface area contributed by atoms with Crippen LogP contribution in [0.5, 0.6) is 17.2 Å². The summed E-state index contributed by atoms with van der Waals surface area (Å²) >= 11 is 0. The highest BCUT2D eigenvalue weighted by atomic mass is 16.5. The van der Waals surface area contributed by atoms with Crippen molar-refractivity contribution in [1.29, 1.82) is 0 Å². The Morgan fingerprint density at radius 1 is 0.686 bits per heavy atom. The fourth-order valence-corrected chi connectivity index (χ4v) is 8.23. The van der Waals surface area contributed by atoms with Gasteiger partial charge in [-0.15, -0.1) is 0 Å². The highest BCUT2D eigenvalue weighted by Crippen LogP contribution is 2.50. The van der Waals surface area contributed by atoms with E-state index in [-0.39, 0.29) is 12.0 Å². The van der Waals surface area contributed by atoms with Crippen LogP contribution in [0.1, 0.15) is 34.7 Å². The van der Waals surface area contributed by atoms with Gasteiger partial charge in [0.15, 0.2) is 0 Å². The Labute approximate surface area is 298 Å². The molecular formula is C47H36N2O2. The molecule has 5 aromatic carbocycles. The van der Waals surface area contributed by atoms with Crippen molar-refractivity contribution in [2.24, 2.45) is 0 Å². The monoisotopic (exact) mass is 660 g/mol. The first-order valence-corrected chi connectivity index (χ1v) is 17.9. The zero-order valence-corrected chi connectivity index (χ0v) is 28.1. The second-order valence-corrected chi connectivity index (χ2v) is 13.5. The molecule has 4 aliphatic rings. The van der Waals surface area contributed by atoms with Gasteiger partial charge in [0.25, 0.3) is 0 Å². The average molecular weight is 661 g/mol. The SMILES string of the molecule is C1=CCNC(c2ccc3c(c2)OC2C=CC=CC2c2ccccc2Oc2cccc(-c4cccc5c4c4c(n5-c5ccccc5)C=CCC4)c2-3)=C1. The normalized spacial score (nSPS) is 18.2. The lowest BCUT2D eigenvalue weighted by molar-refractivity contribution is 0.230. The predicted molar refractivity (Wildman–Crippen MR) is 209 cm³/mol. The number of para-hydroxylation sites is 2. The summed E-state index contributed by atoms with van der Waals surface area (Å²) in [5.74, 6) is 2.47. The average Bonchev–Trinajstić information content (AvgIpc) is 3.54. The Morgan fingerprint density at radius 3 is 2.45 bits per heavy atom. The summed E-state index contributed by atoms with van der Waals surface area (Å²) in [5.41, 5.74) is 12.6. The summed E-state index contributed by atoms with van der Waals surface area (Å²) in [7, 11) is 0. The number of fused-ring (bicyclic) bond motifs is 9. The fourth-order valence-electron chi connectivity index (χ4n) is 8.23. The summed E-state index contributed by atoms with van der Waals surface area (Å²) in [4.78, 5) is 0. The van der Waals surface area contributed by atoms with Crippen molar-refractivity contribution in [3.05, 3.63) is 180 Å². The molecule has 0 radical (unpaired) electrons. The largest absolute Gasteiger partial charge is 0.485 e. The summed E-state index contributed by atoms with van der Waals surface area (Å²) in [6, 6.07) is 38.9. The van der Waals surface area contributed by atoms with Crippen molar-refractivity contribution < 1.29 is 9.47 Å². The summed E-state index contributed by atoms with van der Waals surface area (Å²) in [5, 5.41) is 4.83. The van der Waals surface area contributed by atoms with Crippen LogP contribution in [0.4, 0.5) is 0 Å². The molecular weight excluding hydrogens is 625 g/mol. The summed E-state index contributed by atoms with van der Waals surface area (Å²) < 4.78 is 16.7. The molecule has 6 aromatic rings. The van der Waals surface area contributed by atoms with E-state index in [1.165, 1.54) is 33.4 Å². The van der Waals surface area contributed by atoms with Crippen LogP contribution in [-0.4, -0.2) is 17.2 Å². The molecule has 4 heteroatoms. The van der Waals surface area contributed by atoms with E-state index in [4.69, 9.17) is 9.47 Å². The van der Waals surface area contributed by atoms with Gasteiger partial charge in [-0.2, -0.15) is 0 Å². The van der Waals surface area contributed by atoms with Gasteiger partial charge in [0, 0.05) is 57.2 Å². The third-order valence-electron chi connectivity index (χ3n) is 10.5. The van der Waals surface area contributed by atoms with Gasteiger partial charge in [-0.05, 0) is 90.2 Å². The van der Waals surface area contributed by atoms with Gasteiger partial charge >= 0.3 is 0 Å². The first-order chi connectivity index (χ1) is 25.3. The molecule has 4 nitrogen and oxygen atoms in total. The molecule has 1 N–H and O–H groups in total. The van der Waals surface area contributed by atoms with Gasteiger partial charge in [0.1, 0.15) is 23.4 Å². The molecule has 1 aromatic heterocycles. The lowest BCUT2D eigenvalue weighted by Crippen LogP contribution is -2.25. The third-order valence-corrected chi connectivity index (χ3v) is 10.5. The number of allylic oxidation sites excluding steroid dienone is 5. The Bertz CT molecular complexity index is 2490. The van der Waals surface area contributed by atoms with Crippen LogP contribution in [-0.2, 0) is 6.42 Å². The van der Waals surface area contributed by atoms with E-state index >= 15 is 0 Å². The predicted octanol–water partition coefficient (Wildman–Crippen LogP) is 11.2. The first-order valence-electron chi connectivity index (χ1n) is 17.9. The Hall–Kier alpha value is -6.26. The molecule has 2 atom stereocenters. The first kappa shape index (κ1) is 29.6. The molecule has 0 spiro atoms. The van der Waals surface area contributed by atoms with E-state index in [0.29, 0.717) is 0 Å². The third kappa shape index (κ3) is 4.98. The van der Waals surface area contributed by atoms with Gasteiger partial charge in [0.2, 0.25) is 0 Å². The zero-order valence-electron chi connectivity index (χ0n) is 28.1. The van der Waals surface area contributed by atoms with Crippen molar-refractivity contribution in [2.75, 3.05) is 6.54 Å². The van der Waals surface area contributed by atoms with Crippen LogP contribution >= 0.6 is 0 Å². The number of hydrogen-bond donors (Lipinski definition) is 1. The number of nitrogens with one attached hydrogen (secondary N) is 1. The summed E-state index contributed by atoms with van der Waals surface area (Å²) in [6.07, 6.45) is 21.4. The summed E-state index contributed by atoms with van der Waals surface area (Å²) in [6.45, 7) is 0.797. The zero-order chi connectivity index (χ0) is 33.7. The smallest absolute Gasteiger partial charge is 0.136 e. The molecule has 0 amide bonds. The van der Waals surface area contributed by atoms with Crippen LogP contribution in [0.2, 0.25) is 0 Å². The molecule has 2 aliphatic heterocycles. The molecule has 3 heterocycles. The fraction of sp³-hybridized carbons (Fsp3) is 0.106. The highest BCUT2D eigenvalue weighted by Gasteiger charge is 2.30. The van der Waals surface area contributed by atoms with E-state index < -0.39 is 0 Å². The Morgan fingerprint density at radius 2 is 1.53 bits per heavy atom. The lowest BCUT2D eigenvalue weighted by atomic mass is 9.87. The molecule has 51 heavy (non-hydrogen) atoms. The minimum Gasteiger partial charge on any atom is -0.485 e. The van der Waals surface area contributed by atoms with E-state index in [9.17, 15) is 0 Å². The number of dihydropyridines is 1. The van der Waals surface area contributed by atoms with Gasteiger partial charge in [-0.1, -0.05) is 103 Å². The van der Waals surface area contributed by atoms with Crippen molar-refractivity contribution in [1.82, 2.24) is 9.88 Å². The second kappa shape index (κ2) is 12.3. The van der Waals surface area contributed by atoms with Gasteiger partial charge in [-0.3, -0.25) is 0 Å². The second-order valence-electron chi connectivity index (χ2n) is 13.5. The number of aromatic nitrogens is 1. The van der Waals surface area contributed by atoms with Crippen LogP contribution in [0.25, 0.3) is 50.6 Å². The number of benzene rings is 5. The minimum atomic E-state index is -0.210. The number of nitrogens with zero attached hydrogens (tertiary/aromatic N) is 1. The maximum atomic E-state index is 7.17. The number of hydrogen-bond acceptors (Lipinski definition) is 3. The standard InChI is InChI=1S/C47H36N2O2/c1-2-14-32(15-3-1)49-40-22-7-4-18-37(40)46-35(19-12-23-41(46)49)36-20-13-26-44-47(36)38-28-27-31(39-21-10-11-29-48-39)30-45(38)51-43-25-9-6-17-34(43)33-16-5-8-24-42(33)50-44/h1-3,5-17,19-28,30,34,43,48H,4,18,29H2. The molecule has 10 rings (SSSR count). The molecule has 0 bridgehead atoms. The van der Waals surface area contributed by atoms with Crippen LogP contribution < -0.4 is 14.8 Å². The van der Waals surface area contributed by atoms with Crippen molar-refractivity contribution >= 4 is 22.7 Å². The molecule has 0 fully saturated rings.